The second-order valence-electron chi connectivity index (χ2n) is 5.67. The molecule has 28 heavy (non-hydrogen) atoms. The standard InChI is InChI=1S/C18H12BrNO6S2/c19-10-3-1-9(2-4-10)13-6-5-11(26-13)7-14-16(23)20(18(27)28-14)12(17(24)25)8-15(21)22/h1-7,12H,8H2,(H,21,22)(H,24,25)/p-2/b14-7-/t12-/m1/s1. The second kappa shape index (κ2) is 8.29. The Balaban J connectivity index is 1.85. The average Bonchev–Trinajstić information content (AvgIpc) is 3.19. The molecule has 7 nitrogen and oxygen atoms in total. The number of carbonyl (C=O) groups is 3. The highest BCUT2D eigenvalue weighted by Crippen LogP contribution is 2.35. The highest BCUT2D eigenvalue weighted by Gasteiger charge is 2.38. The van der Waals surface area contributed by atoms with Crippen LogP contribution >= 0.6 is 39.9 Å². The molecule has 0 bridgehead atoms. The lowest BCUT2D eigenvalue weighted by Gasteiger charge is -2.27. The Morgan fingerprint density at radius 1 is 1.21 bits per heavy atom. The van der Waals surface area contributed by atoms with Crippen molar-refractivity contribution in [2.75, 3.05) is 0 Å². The number of carboxylic acids is 2. The number of carboxylic acid groups (broad SMARTS) is 2. The molecule has 0 N–H and O–H groups in total. The summed E-state index contributed by atoms with van der Waals surface area (Å²) in [5, 5.41) is 22.0. The minimum atomic E-state index is -1.74. The summed E-state index contributed by atoms with van der Waals surface area (Å²) in [4.78, 5) is 35.4. The first-order valence-electron chi connectivity index (χ1n) is 7.80. The van der Waals surface area contributed by atoms with Crippen molar-refractivity contribution >= 4 is 68.2 Å². The summed E-state index contributed by atoms with van der Waals surface area (Å²) in [6.07, 6.45) is 0.504. The highest BCUT2D eigenvalue weighted by atomic mass is 79.9. The van der Waals surface area contributed by atoms with E-state index in [9.17, 15) is 24.6 Å². The van der Waals surface area contributed by atoms with Crippen LogP contribution in [0, 0.1) is 0 Å². The Bertz CT molecular complexity index is 998. The molecule has 144 valence electrons. The van der Waals surface area contributed by atoms with Gasteiger partial charge in [0.05, 0.1) is 16.9 Å². The fourth-order valence-corrected chi connectivity index (χ4v) is 4.12. The Morgan fingerprint density at radius 3 is 2.50 bits per heavy atom. The SMILES string of the molecule is O=C([O-])C[C@H](C(=O)[O-])N1C(=O)/C(=C/c2ccc(-c3ccc(Br)cc3)o2)SC1=S. The van der Waals surface area contributed by atoms with E-state index in [0.29, 0.717) is 11.5 Å². The minimum absolute atomic E-state index is 0.0774. The van der Waals surface area contributed by atoms with E-state index < -0.39 is 30.3 Å². The third kappa shape index (κ3) is 4.34. The molecule has 0 unspecified atom stereocenters. The largest absolute Gasteiger partial charge is 0.550 e. The first kappa shape index (κ1) is 20.3. The van der Waals surface area contributed by atoms with Gasteiger partial charge < -0.3 is 24.2 Å². The number of halogens is 1. The number of carbonyl (C=O) groups excluding carboxylic acids is 3. The van der Waals surface area contributed by atoms with Gasteiger partial charge in [0, 0.05) is 28.5 Å². The Kier molecular flexibility index (Phi) is 6.01. The summed E-state index contributed by atoms with van der Waals surface area (Å²) in [6.45, 7) is 0. The maximum atomic E-state index is 12.6. The van der Waals surface area contributed by atoms with Gasteiger partial charge in [0.15, 0.2) is 0 Å². The van der Waals surface area contributed by atoms with Crippen LogP contribution in [0.15, 0.2) is 50.2 Å². The molecule has 1 aliphatic heterocycles. The van der Waals surface area contributed by atoms with Gasteiger partial charge in [0.25, 0.3) is 5.91 Å². The van der Waals surface area contributed by atoms with Crippen LogP contribution in [-0.4, -0.2) is 33.1 Å². The quantitative estimate of drug-likeness (QED) is 0.447. The van der Waals surface area contributed by atoms with E-state index in [1.54, 1.807) is 12.1 Å². The van der Waals surface area contributed by atoms with E-state index >= 15 is 0 Å². The van der Waals surface area contributed by atoms with Gasteiger partial charge in [0.1, 0.15) is 15.8 Å². The smallest absolute Gasteiger partial charge is 0.266 e. The Morgan fingerprint density at radius 2 is 1.89 bits per heavy atom. The topological polar surface area (TPSA) is 114 Å². The van der Waals surface area contributed by atoms with Crippen molar-refractivity contribution in [1.29, 1.82) is 0 Å². The summed E-state index contributed by atoms with van der Waals surface area (Å²) in [5.74, 6) is -3.14. The molecule has 1 saturated heterocycles. The predicted molar refractivity (Wildman–Crippen MR) is 105 cm³/mol. The minimum Gasteiger partial charge on any atom is -0.550 e. The molecular formula is C18H10BrNO6S2-2. The first-order valence-corrected chi connectivity index (χ1v) is 9.81. The van der Waals surface area contributed by atoms with E-state index in [2.05, 4.69) is 15.9 Å². The van der Waals surface area contributed by atoms with Crippen molar-refractivity contribution in [3.05, 3.63) is 51.5 Å². The van der Waals surface area contributed by atoms with Gasteiger partial charge in [0.2, 0.25) is 0 Å². The molecule has 0 radical (unpaired) electrons. The molecule has 1 fully saturated rings. The molecule has 0 saturated carbocycles. The number of hydrogen-bond acceptors (Lipinski definition) is 8. The molecule has 2 aromatic rings. The number of benzene rings is 1. The zero-order valence-electron chi connectivity index (χ0n) is 13.9. The number of thiocarbonyl (C=S) groups is 1. The number of thioether (sulfide) groups is 1. The van der Waals surface area contributed by atoms with Crippen molar-refractivity contribution in [3.8, 4) is 11.3 Å². The first-order chi connectivity index (χ1) is 13.3. The molecule has 3 rings (SSSR count). The van der Waals surface area contributed by atoms with Crippen molar-refractivity contribution in [3.63, 3.8) is 0 Å². The number of amides is 1. The molecule has 1 atom stereocenters. The van der Waals surface area contributed by atoms with Crippen LogP contribution in [0.2, 0.25) is 0 Å². The number of aliphatic carboxylic acids is 2. The average molecular weight is 480 g/mol. The van der Waals surface area contributed by atoms with Crippen molar-refractivity contribution in [2.24, 2.45) is 0 Å². The molecule has 10 heteroatoms. The van der Waals surface area contributed by atoms with E-state index in [1.807, 2.05) is 24.3 Å². The fourth-order valence-electron chi connectivity index (χ4n) is 2.52. The molecule has 0 aliphatic carbocycles. The lowest BCUT2D eigenvalue weighted by atomic mass is 10.2. The summed E-state index contributed by atoms with van der Waals surface area (Å²) in [7, 11) is 0. The van der Waals surface area contributed by atoms with Crippen molar-refractivity contribution in [1.82, 2.24) is 4.90 Å². The van der Waals surface area contributed by atoms with Crippen molar-refractivity contribution in [2.45, 2.75) is 12.5 Å². The van der Waals surface area contributed by atoms with Gasteiger partial charge in [-0.1, -0.05) is 52.0 Å². The number of rotatable bonds is 6. The number of nitrogens with zero attached hydrogens (tertiary/aromatic N) is 1. The Hall–Kier alpha value is -2.43. The lowest BCUT2D eigenvalue weighted by molar-refractivity contribution is -0.319. The fraction of sp³-hybridized carbons (Fsp3) is 0.111. The molecular weight excluding hydrogens is 470 g/mol. The summed E-state index contributed by atoms with van der Waals surface area (Å²) >= 11 is 9.25. The third-order valence-corrected chi connectivity index (χ3v) is 5.66. The van der Waals surface area contributed by atoms with Crippen LogP contribution in [0.1, 0.15) is 12.2 Å². The predicted octanol–water partition coefficient (Wildman–Crippen LogP) is 1.17. The van der Waals surface area contributed by atoms with Gasteiger partial charge in [-0.15, -0.1) is 0 Å². The molecule has 1 aliphatic rings. The summed E-state index contributed by atoms with van der Waals surface area (Å²) in [5.41, 5.74) is 0.835. The summed E-state index contributed by atoms with van der Waals surface area (Å²) in [6, 6.07) is 9.09. The molecule has 2 heterocycles. The van der Waals surface area contributed by atoms with Gasteiger partial charge in [-0.2, -0.15) is 0 Å². The van der Waals surface area contributed by atoms with Crippen molar-refractivity contribution < 1.29 is 29.0 Å². The van der Waals surface area contributed by atoms with Crippen LogP contribution in [0.25, 0.3) is 17.4 Å². The summed E-state index contributed by atoms with van der Waals surface area (Å²) < 4.78 is 6.56. The lowest BCUT2D eigenvalue weighted by Crippen LogP contribution is -2.52. The second-order valence-corrected chi connectivity index (χ2v) is 8.26. The highest BCUT2D eigenvalue weighted by molar-refractivity contribution is 9.10. The third-order valence-electron chi connectivity index (χ3n) is 3.80. The zero-order valence-corrected chi connectivity index (χ0v) is 17.1. The molecule has 1 aromatic heterocycles. The van der Waals surface area contributed by atoms with Gasteiger partial charge in [-0.3, -0.25) is 9.69 Å². The van der Waals surface area contributed by atoms with Gasteiger partial charge in [-0.25, -0.2) is 0 Å². The van der Waals surface area contributed by atoms with Crippen LogP contribution in [0.3, 0.4) is 0 Å². The zero-order chi connectivity index (χ0) is 20.4. The van der Waals surface area contributed by atoms with Gasteiger partial charge >= 0.3 is 0 Å². The normalized spacial score (nSPS) is 16.6. The molecule has 1 aromatic carbocycles. The maximum Gasteiger partial charge on any atom is 0.266 e. The Labute approximate surface area is 177 Å². The number of furan rings is 1. The van der Waals surface area contributed by atoms with Crippen LogP contribution in [0.5, 0.6) is 0 Å². The number of hydrogen-bond donors (Lipinski definition) is 0. The van der Waals surface area contributed by atoms with Gasteiger partial charge in [-0.05, 0) is 24.3 Å². The van der Waals surface area contributed by atoms with Crippen LogP contribution in [-0.2, 0) is 14.4 Å². The monoisotopic (exact) mass is 479 g/mol. The van der Waals surface area contributed by atoms with E-state index in [1.165, 1.54) is 6.08 Å². The van der Waals surface area contributed by atoms with Crippen LogP contribution < -0.4 is 10.2 Å². The molecule has 1 amide bonds. The van der Waals surface area contributed by atoms with E-state index in [0.717, 1.165) is 26.7 Å². The van der Waals surface area contributed by atoms with E-state index in [-0.39, 0.29) is 9.23 Å². The van der Waals surface area contributed by atoms with Crippen LogP contribution in [0.4, 0.5) is 0 Å². The maximum absolute atomic E-state index is 12.6. The molecule has 0 spiro atoms. The van der Waals surface area contributed by atoms with E-state index in [4.69, 9.17) is 16.6 Å².